The van der Waals surface area contributed by atoms with Crippen LogP contribution < -0.4 is 10.2 Å². The molecule has 1 N–H and O–H groups in total. The van der Waals surface area contributed by atoms with Gasteiger partial charge < -0.3 is 10.1 Å². The molecule has 124 valence electrons. The van der Waals surface area contributed by atoms with Gasteiger partial charge in [-0.3, -0.25) is 9.69 Å². The molecule has 0 aliphatic carbocycles. The Morgan fingerprint density at radius 3 is 2.58 bits per heavy atom. The van der Waals surface area contributed by atoms with Gasteiger partial charge in [-0.2, -0.15) is 0 Å². The number of nitrogens with zero attached hydrogens (tertiary/aromatic N) is 1. The molecule has 2 aromatic carbocycles. The molecule has 24 heavy (non-hydrogen) atoms. The lowest BCUT2D eigenvalue weighted by Crippen LogP contribution is -2.35. The van der Waals surface area contributed by atoms with Crippen LogP contribution in [0.15, 0.2) is 54.6 Å². The smallest absolute Gasteiger partial charge is 0.414 e. The molecule has 0 aromatic heterocycles. The van der Waals surface area contributed by atoms with E-state index in [9.17, 15) is 14.0 Å². The van der Waals surface area contributed by atoms with E-state index in [0.717, 1.165) is 5.56 Å². The molecule has 0 spiro atoms. The van der Waals surface area contributed by atoms with Crippen molar-refractivity contribution >= 4 is 17.7 Å². The monoisotopic (exact) mass is 328 g/mol. The number of nitrogens with one attached hydrogen (secondary N) is 1. The number of halogens is 1. The molecule has 1 fully saturated rings. The summed E-state index contributed by atoms with van der Waals surface area (Å²) < 4.78 is 18.2. The average molecular weight is 328 g/mol. The fourth-order valence-corrected chi connectivity index (χ4v) is 2.53. The summed E-state index contributed by atoms with van der Waals surface area (Å²) in [4.78, 5) is 25.3. The van der Waals surface area contributed by atoms with Gasteiger partial charge in [0, 0.05) is 5.69 Å². The van der Waals surface area contributed by atoms with Gasteiger partial charge >= 0.3 is 6.09 Å². The van der Waals surface area contributed by atoms with Gasteiger partial charge in [-0.1, -0.05) is 30.3 Å². The van der Waals surface area contributed by atoms with Crippen molar-refractivity contribution in [1.82, 2.24) is 5.32 Å². The van der Waals surface area contributed by atoms with E-state index in [2.05, 4.69) is 5.32 Å². The van der Waals surface area contributed by atoms with Crippen LogP contribution in [-0.2, 0) is 16.0 Å². The zero-order valence-corrected chi connectivity index (χ0v) is 12.9. The maximum absolute atomic E-state index is 13.0. The topological polar surface area (TPSA) is 58.6 Å². The molecule has 1 unspecified atom stereocenters. The lowest BCUT2D eigenvalue weighted by atomic mass is 10.1. The predicted octanol–water partition coefficient (Wildman–Crippen LogP) is 2.51. The Bertz CT molecular complexity index is 719. The number of hydrogen-bond acceptors (Lipinski definition) is 3. The first kappa shape index (κ1) is 16.0. The van der Waals surface area contributed by atoms with Crippen molar-refractivity contribution in [2.45, 2.75) is 12.5 Å². The van der Waals surface area contributed by atoms with Crippen LogP contribution in [0.1, 0.15) is 5.56 Å². The third-order valence-corrected chi connectivity index (χ3v) is 3.75. The highest BCUT2D eigenvalue weighted by Crippen LogP contribution is 2.21. The number of cyclic esters (lactones) is 1. The summed E-state index contributed by atoms with van der Waals surface area (Å²) in [6.45, 7) is 0.561. The van der Waals surface area contributed by atoms with Crippen LogP contribution in [0, 0.1) is 5.82 Å². The van der Waals surface area contributed by atoms with E-state index in [0.29, 0.717) is 12.2 Å². The normalized spacial score (nSPS) is 16.8. The van der Waals surface area contributed by atoms with Crippen molar-refractivity contribution in [1.29, 1.82) is 0 Å². The minimum absolute atomic E-state index is 0.127. The number of rotatable bonds is 5. The summed E-state index contributed by atoms with van der Waals surface area (Å²) in [5, 5.41) is 2.77. The van der Waals surface area contributed by atoms with Gasteiger partial charge in [0.05, 0.1) is 19.5 Å². The molecule has 6 heteroatoms. The van der Waals surface area contributed by atoms with Crippen molar-refractivity contribution in [3.05, 3.63) is 66.0 Å². The molecule has 1 aliphatic heterocycles. The number of hydrogen-bond donors (Lipinski definition) is 1. The van der Waals surface area contributed by atoms with E-state index >= 15 is 0 Å². The molecule has 2 amide bonds. The van der Waals surface area contributed by atoms with E-state index in [1.165, 1.54) is 29.2 Å². The largest absolute Gasteiger partial charge is 0.442 e. The van der Waals surface area contributed by atoms with E-state index in [1.54, 1.807) is 0 Å². The third-order valence-electron chi connectivity index (χ3n) is 3.75. The number of amides is 2. The molecular weight excluding hydrogens is 311 g/mol. The quantitative estimate of drug-likeness (QED) is 0.917. The highest BCUT2D eigenvalue weighted by molar-refractivity contribution is 5.89. The standard InChI is InChI=1S/C18H17FN2O3/c19-14-6-8-15(9-7-14)21-12-16(24-18(21)23)11-20-17(22)10-13-4-2-1-3-5-13/h1-9,16H,10-12H2,(H,20,22). The lowest BCUT2D eigenvalue weighted by molar-refractivity contribution is -0.120. The van der Waals surface area contributed by atoms with Gasteiger partial charge in [-0.15, -0.1) is 0 Å². The van der Waals surface area contributed by atoms with Crippen molar-refractivity contribution < 1.29 is 18.7 Å². The van der Waals surface area contributed by atoms with Crippen LogP contribution in [0.2, 0.25) is 0 Å². The van der Waals surface area contributed by atoms with E-state index in [1.807, 2.05) is 30.3 Å². The fourth-order valence-electron chi connectivity index (χ4n) is 2.53. The minimum Gasteiger partial charge on any atom is -0.442 e. The van der Waals surface area contributed by atoms with Crippen LogP contribution in [0.5, 0.6) is 0 Å². The van der Waals surface area contributed by atoms with Crippen LogP contribution in [0.25, 0.3) is 0 Å². The molecule has 0 saturated carbocycles. The Hall–Kier alpha value is -2.89. The molecule has 0 bridgehead atoms. The number of benzene rings is 2. The maximum Gasteiger partial charge on any atom is 0.414 e. The molecule has 5 nitrogen and oxygen atoms in total. The van der Waals surface area contributed by atoms with Crippen LogP contribution in [-0.4, -0.2) is 31.2 Å². The maximum atomic E-state index is 13.0. The van der Waals surface area contributed by atoms with Gasteiger partial charge in [0.15, 0.2) is 0 Å². The van der Waals surface area contributed by atoms with Gasteiger partial charge in [-0.05, 0) is 29.8 Å². The second-order valence-electron chi connectivity index (χ2n) is 5.56. The Labute approximate surface area is 139 Å². The molecule has 1 aliphatic rings. The van der Waals surface area contributed by atoms with Gasteiger partial charge in [0.2, 0.25) is 5.91 Å². The van der Waals surface area contributed by atoms with Crippen molar-refractivity contribution in [3.63, 3.8) is 0 Å². The number of carbonyl (C=O) groups is 2. The predicted molar refractivity (Wildman–Crippen MR) is 87.2 cm³/mol. The minimum atomic E-state index is -0.496. The van der Waals surface area contributed by atoms with Gasteiger partial charge in [0.1, 0.15) is 11.9 Å². The summed E-state index contributed by atoms with van der Waals surface area (Å²) in [5.41, 5.74) is 1.49. The highest BCUT2D eigenvalue weighted by atomic mass is 19.1. The lowest BCUT2D eigenvalue weighted by Gasteiger charge is -2.13. The zero-order chi connectivity index (χ0) is 16.9. The van der Waals surface area contributed by atoms with Crippen molar-refractivity contribution in [2.75, 3.05) is 18.0 Å². The summed E-state index contributed by atoms with van der Waals surface area (Å²) in [6, 6.07) is 15.0. The first-order valence-corrected chi connectivity index (χ1v) is 7.66. The average Bonchev–Trinajstić information content (AvgIpc) is 2.95. The number of anilines is 1. The van der Waals surface area contributed by atoms with E-state index in [4.69, 9.17) is 4.74 Å². The summed E-state index contributed by atoms with van der Waals surface area (Å²) in [5.74, 6) is -0.492. The van der Waals surface area contributed by atoms with Crippen molar-refractivity contribution in [2.24, 2.45) is 0 Å². The first-order valence-electron chi connectivity index (χ1n) is 7.66. The molecule has 1 saturated heterocycles. The summed E-state index contributed by atoms with van der Waals surface area (Å²) in [7, 11) is 0. The third kappa shape index (κ3) is 3.90. The summed E-state index contributed by atoms with van der Waals surface area (Å²) in [6.07, 6.45) is -0.644. The zero-order valence-electron chi connectivity index (χ0n) is 12.9. The van der Waals surface area contributed by atoms with Gasteiger partial charge in [0.25, 0.3) is 0 Å². The first-order chi connectivity index (χ1) is 11.6. The summed E-state index contributed by atoms with van der Waals surface area (Å²) >= 11 is 0. The molecular formula is C18H17FN2O3. The van der Waals surface area contributed by atoms with E-state index < -0.39 is 12.2 Å². The number of ether oxygens (including phenoxy) is 1. The number of carbonyl (C=O) groups excluding carboxylic acids is 2. The Balaban J connectivity index is 1.51. The van der Waals surface area contributed by atoms with Crippen LogP contribution in [0.3, 0.4) is 0 Å². The fraction of sp³-hybridized carbons (Fsp3) is 0.222. The highest BCUT2D eigenvalue weighted by Gasteiger charge is 2.32. The Kier molecular flexibility index (Phi) is 4.74. The van der Waals surface area contributed by atoms with Crippen LogP contribution >= 0.6 is 0 Å². The Morgan fingerprint density at radius 2 is 1.88 bits per heavy atom. The van der Waals surface area contributed by atoms with Crippen LogP contribution in [0.4, 0.5) is 14.9 Å². The van der Waals surface area contributed by atoms with Gasteiger partial charge in [-0.25, -0.2) is 9.18 Å². The molecule has 3 rings (SSSR count). The second kappa shape index (κ2) is 7.12. The SMILES string of the molecule is O=C(Cc1ccccc1)NCC1CN(c2ccc(F)cc2)C(=O)O1. The van der Waals surface area contributed by atoms with Crippen molar-refractivity contribution in [3.8, 4) is 0 Å². The molecule has 2 aromatic rings. The Morgan fingerprint density at radius 1 is 1.17 bits per heavy atom. The second-order valence-corrected chi connectivity index (χ2v) is 5.56. The molecule has 0 radical (unpaired) electrons. The molecule has 1 atom stereocenters. The van der Waals surface area contributed by atoms with E-state index in [-0.39, 0.29) is 24.7 Å². The molecule has 1 heterocycles.